The molecule has 4 N–H and O–H groups in total. The smallest absolute Gasteiger partial charge is 0.322 e. The molecule has 3 amide bonds. The van der Waals surface area contributed by atoms with Gasteiger partial charge in [-0.15, -0.1) is 0 Å². The Bertz CT molecular complexity index is 823. The van der Waals surface area contributed by atoms with Gasteiger partial charge < -0.3 is 25.8 Å². The number of ether oxygens (including phenoxy) is 2. The minimum absolute atomic E-state index is 0.209. The standard InChI is InChI=1S/C19H22N4O4/c1-26-17-7-2-13(12-16(17)23-10-9-21-19(23)25)18(24)22-14-3-5-15(6-4-14)27-11-8-20/h2-7,12H,8-11,20H2,1H3,(H,21,25)(H,22,24). The average molecular weight is 370 g/mol. The number of nitrogens with two attached hydrogens (primary N) is 1. The summed E-state index contributed by atoms with van der Waals surface area (Å²) in [5, 5.41) is 5.57. The van der Waals surface area contributed by atoms with E-state index in [0.29, 0.717) is 54.7 Å². The molecule has 1 fully saturated rings. The second-order valence-electron chi connectivity index (χ2n) is 5.89. The van der Waals surface area contributed by atoms with E-state index in [9.17, 15) is 9.59 Å². The van der Waals surface area contributed by atoms with E-state index in [4.69, 9.17) is 15.2 Å². The lowest BCUT2D eigenvalue weighted by Crippen LogP contribution is -2.28. The lowest BCUT2D eigenvalue weighted by molar-refractivity contribution is 0.102. The Morgan fingerprint density at radius 1 is 1.26 bits per heavy atom. The van der Waals surface area contributed by atoms with Crippen LogP contribution >= 0.6 is 0 Å². The maximum atomic E-state index is 12.6. The molecule has 142 valence electrons. The monoisotopic (exact) mass is 370 g/mol. The number of nitrogens with one attached hydrogen (secondary N) is 2. The fourth-order valence-electron chi connectivity index (χ4n) is 2.76. The molecule has 0 spiro atoms. The van der Waals surface area contributed by atoms with E-state index in [-0.39, 0.29) is 11.9 Å². The highest BCUT2D eigenvalue weighted by Crippen LogP contribution is 2.30. The number of urea groups is 1. The topological polar surface area (TPSA) is 106 Å². The number of hydrogen-bond acceptors (Lipinski definition) is 5. The number of amides is 3. The second-order valence-corrected chi connectivity index (χ2v) is 5.89. The quantitative estimate of drug-likeness (QED) is 0.689. The maximum Gasteiger partial charge on any atom is 0.322 e. The Morgan fingerprint density at radius 3 is 2.67 bits per heavy atom. The van der Waals surface area contributed by atoms with Crippen LogP contribution in [-0.4, -0.2) is 45.3 Å². The van der Waals surface area contributed by atoms with Crippen LogP contribution in [0.15, 0.2) is 42.5 Å². The summed E-state index contributed by atoms with van der Waals surface area (Å²) < 4.78 is 10.7. The molecule has 8 heteroatoms. The van der Waals surface area contributed by atoms with E-state index in [1.807, 2.05) is 0 Å². The second kappa shape index (κ2) is 8.41. The van der Waals surface area contributed by atoms with Crippen LogP contribution < -0.4 is 30.7 Å². The normalized spacial score (nSPS) is 13.3. The Hall–Kier alpha value is -3.26. The predicted octanol–water partition coefficient (Wildman–Crippen LogP) is 1.81. The van der Waals surface area contributed by atoms with Gasteiger partial charge in [-0.2, -0.15) is 0 Å². The molecule has 3 rings (SSSR count). The molecule has 27 heavy (non-hydrogen) atoms. The van der Waals surface area contributed by atoms with Crippen LogP contribution in [-0.2, 0) is 0 Å². The number of nitrogens with zero attached hydrogens (tertiary/aromatic N) is 1. The van der Waals surface area contributed by atoms with Crippen LogP contribution in [0.4, 0.5) is 16.2 Å². The van der Waals surface area contributed by atoms with E-state index in [1.165, 1.54) is 7.11 Å². The van der Waals surface area contributed by atoms with Crippen molar-refractivity contribution in [3.05, 3.63) is 48.0 Å². The lowest BCUT2D eigenvalue weighted by Gasteiger charge is -2.18. The Kier molecular flexibility index (Phi) is 5.77. The Morgan fingerprint density at radius 2 is 2.04 bits per heavy atom. The molecule has 2 aromatic rings. The summed E-state index contributed by atoms with van der Waals surface area (Å²) in [6.45, 7) is 1.94. The van der Waals surface area contributed by atoms with Gasteiger partial charge >= 0.3 is 6.03 Å². The maximum absolute atomic E-state index is 12.6. The molecule has 1 aliphatic rings. The fraction of sp³-hybridized carbons (Fsp3) is 0.263. The molecule has 1 saturated heterocycles. The first kappa shape index (κ1) is 18.5. The molecule has 1 heterocycles. The van der Waals surface area contributed by atoms with E-state index in [2.05, 4.69) is 10.6 Å². The van der Waals surface area contributed by atoms with Crippen molar-refractivity contribution < 1.29 is 19.1 Å². The van der Waals surface area contributed by atoms with E-state index in [0.717, 1.165) is 0 Å². The van der Waals surface area contributed by atoms with Crippen LogP contribution in [0.1, 0.15) is 10.4 Å². The number of rotatable bonds is 7. The summed E-state index contributed by atoms with van der Waals surface area (Å²) in [5.74, 6) is 0.935. The number of carbonyl (C=O) groups excluding carboxylic acids is 2. The van der Waals surface area contributed by atoms with Gasteiger partial charge in [-0.1, -0.05) is 0 Å². The minimum atomic E-state index is -0.283. The lowest BCUT2D eigenvalue weighted by atomic mass is 10.1. The van der Waals surface area contributed by atoms with Gasteiger partial charge in [-0.3, -0.25) is 9.69 Å². The van der Waals surface area contributed by atoms with Gasteiger partial charge in [0.1, 0.15) is 18.1 Å². The SMILES string of the molecule is COc1ccc(C(=O)Nc2ccc(OCCN)cc2)cc1N1CCNC1=O. The number of hydrogen-bond donors (Lipinski definition) is 3. The third kappa shape index (κ3) is 4.29. The number of methoxy groups -OCH3 is 1. The first-order valence-electron chi connectivity index (χ1n) is 8.60. The summed E-state index contributed by atoms with van der Waals surface area (Å²) in [5.41, 5.74) is 7.03. The molecular weight excluding hydrogens is 348 g/mol. The highest BCUT2D eigenvalue weighted by molar-refractivity contribution is 6.06. The van der Waals surface area contributed by atoms with E-state index < -0.39 is 0 Å². The van der Waals surface area contributed by atoms with Crippen molar-refractivity contribution in [2.45, 2.75) is 0 Å². The minimum Gasteiger partial charge on any atom is -0.495 e. The summed E-state index contributed by atoms with van der Waals surface area (Å²) in [6.07, 6.45) is 0. The predicted molar refractivity (Wildman–Crippen MR) is 103 cm³/mol. The Labute approximate surface area is 157 Å². The number of anilines is 2. The summed E-state index contributed by atoms with van der Waals surface area (Å²) >= 11 is 0. The molecule has 8 nitrogen and oxygen atoms in total. The highest BCUT2D eigenvalue weighted by Gasteiger charge is 2.25. The molecule has 0 bridgehead atoms. The van der Waals surface area contributed by atoms with Crippen molar-refractivity contribution >= 4 is 23.3 Å². The summed E-state index contributed by atoms with van der Waals surface area (Å²) in [6, 6.07) is 11.8. The van der Waals surface area contributed by atoms with Gasteiger partial charge in [0, 0.05) is 30.9 Å². The van der Waals surface area contributed by atoms with Crippen LogP contribution in [0.5, 0.6) is 11.5 Å². The van der Waals surface area contributed by atoms with Crippen molar-refractivity contribution in [3.8, 4) is 11.5 Å². The van der Waals surface area contributed by atoms with Crippen molar-refractivity contribution in [2.75, 3.05) is 43.6 Å². The van der Waals surface area contributed by atoms with Crippen LogP contribution in [0, 0.1) is 0 Å². The average Bonchev–Trinajstić information content (AvgIpc) is 3.12. The van der Waals surface area contributed by atoms with Crippen LogP contribution in [0.25, 0.3) is 0 Å². The van der Waals surface area contributed by atoms with Crippen molar-refractivity contribution in [1.82, 2.24) is 5.32 Å². The molecule has 2 aromatic carbocycles. The van der Waals surface area contributed by atoms with Crippen molar-refractivity contribution in [2.24, 2.45) is 5.73 Å². The third-order valence-corrected chi connectivity index (χ3v) is 4.09. The molecule has 0 radical (unpaired) electrons. The third-order valence-electron chi connectivity index (χ3n) is 4.09. The van der Waals surface area contributed by atoms with Gasteiger partial charge in [0.2, 0.25) is 0 Å². The molecule has 0 aromatic heterocycles. The summed E-state index contributed by atoms with van der Waals surface area (Å²) in [7, 11) is 1.53. The van der Waals surface area contributed by atoms with Gasteiger partial charge in [0.05, 0.1) is 12.8 Å². The Balaban J connectivity index is 1.75. The van der Waals surface area contributed by atoms with E-state index >= 15 is 0 Å². The first-order valence-corrected chi connectivity index (χ1v) is 8.60. The van der Waals surface area contributed by atoms with Crippen molar-refractivity contribution in [1.29, 1.82) is 0 Å². The number of carbonyl (C=O) groups is 2. The van der Waals surface area contributed by atoms with Gasteiger partial charge in [0.15, 0.2) is 0 Å². The van der Waals surface area contributed by atoms with Gasteiger partial charge in [-0.25, -0.2) is 4.79 Å². The molecule has 0 unspecified atom stereocenters. The zero-order valence-electron chi connectivity index (χ0n) is 15.0. The van der Waals surface area contributed by atoms with Crippen LogP contribution in [0.3, 0.4) is 0 Å². The molecule has 0 aliphatic carbocycles. The largest absolute Gasteiger partial charge is 0.495 e. The highest BCUT2D eigenvalue weighted by atomic mass is 16.5. The first-order chi connectivity index (χ1) is 13.1. The molecule has 0 atom stereocenters. The molecule has 0 saturated carbocycles. The zero-order chi connectivity index (χ0) is 19.2. The zero-order valence-corrected chi connectivity index (χ0v) is 15.0. The fourth-order valence-corrected chi connectivity index (χ4v) is 2.76. The van der Waals surface area contributed by atoms with E-state index in [1.54, 1.807) is 47.4 Å². The van der Waals surface area contributed by atoms with Crippen LogP contribution in [0.2, 0.25) is 0 Å². The molecular formula is C19H22N4O4. The van der Waals surface area contributed by atoms with Crippen molar-refractivity contribution in [3.63, 3.8) is 0 Å². The number of benzene rings is 2. The van der Waals surface area contributed by atoms with Gasteiger partial charge in [-0.05, 0) is 42.5 Å². The summed E-state index contributed by atoms with van der Waals surface area (Å²) in [4.78, 5) is 26.1. The van der Waals surface area contributed by atoms with Gasteiger partial charge in [0.25, 0.3) is 5.91 Å². The molecule has 1 aliphatic heterocycles.